The van der Waals surface area contributed by atoms with Gasteiger partial charge in [-0.25, -0.2) is 8.42 Å². The predicted molar refractivity (Wildman–Crippen MR) is 95.0 cm³/mol. The van der Waals surface area contributed by atoms with Crippen molar-refractivity contribution >= 4 is 15.9 Å². The Balaban J connectivity index is 1.82. The van der Waals surface area contributed by atoms with Crippen LogP contribution in [0.15, 0.2) is 29.2 Å². The van der Waals surface area contributed by atoms with E-state index in [0.717, 1.165) is 19.3 Å². The highest BCUT2D eigenvalue weighted by Gasteiger charge is 2.29. The Hall–Kier alpha value is -1.44. The molecule has 6 nitrogen and oxygen atoms in total. The summed E-state index contributed by atoms with van der Waals surface area (Å²) in [6.07, 6.45) is 2.81. The monoisotopic (exact) mass is 366 g/mol. The molecule has 2 aliphatic heterocycles. The maximum absolute atomic E-state index is 12.8. The lowest BCUT2D eigenvalue weighted by atomic mass is 10.1. The van der Waals surface area contributed by atoms with Crippen LogP contribution in [0.3, 0.4) is 0 Å². The van der Waals surface area contributed by atoms with E-state index >= 15 is 0 Å². The van der Waals surface area contributed by atoms with Crippen molar-refractivity contribution in [2.24, 2.45) is 0 Å². The van der Waals surface area contributed by atoms with Crippen LogP contribution in [0.5, 0.6) is 0 Å². The highest BCUT2D eigenvalue weighted by molar-refractivity contribution is 7.89. The van der Waals surface area contributed by atoms with E-state index in [9.17, 15) is 13.2 Å². The normalized spacial score (nSPS) is 25.8. The number of amides is 1. The largest absolute Gasteiger partial charge is 0.372 e. The van der Waals surface area contributed by atoms with Gasteiger partial charge in [-0.05, 0) is 44.9 Å². The quantitative estimate of drug-likeness (QED) is 0.822. The maximum Gasteiger partial charge on any atom is 0.254 e. The number of ether oxygens (including phenoxy) is 1. The van der Waals surface area contributed by atoms with E-state index in [0.29, 0.717) is 31.7 Å². The fourth-order valence-electron chi connectivity index (χ4n) is 3.57. The van der Waals surface area contributed by atoms with E-state index < -0.39 is 10.0 Å². The van der Waals surface area contributed by atoms with Crippen molar-refractivity contribution in [3.63, 3.8) is 0 Å². The fourth-order valence-corrected chi connectivity index (χ4v) is 5.13. The third kappa shape index (κ3) is 4.04. The van der Waals surface area contributed by atoms with E-state index in [1.807, 2.05) is 13.8 Å². The number of carbonyl (C=O) groups is 1. The molecular weight excluding hydrogens is 340 g/mol. The zero-order valence-corrected chi connectivity index (χ0v) is 15.7. The van der Waals surface area contributed by atoms with Gasteiger partial charge in [0.1, 0.15) is 0 Å². The molecule has 0 radical (unpaired) electrons. The Labute approximate surface area is 149 Å². The van der Waals surface area contributed by atoms with Crippen LogP contribution >= 0.6 is 0 Å². The molecule has 2 atom stereocenters. The van der Waals surface area contributed by atoms with Gasteiger partial charge in [-0.3, -0.25) is 4.79 Å². The first kappa shape index (κ1) is 18.4. The molecule has 1 aromatic rings. The van der Waals surface area contributed by atoms with Crippen LogP contribution in [0.25, 0.3) is 0 Å². The molecule has 0 N–H and O–H groups in total. The molecule has 7 heteroatoms. The molecule has 2 saturated heterocycles. The summed E-state index contributed by atoms with van der Waals surface area (Å²) in [4.78, 5) is 14.8. The van der Waals surface area contributed by atoms with Gasteiger partial charge in [0, 0.05) is 31.7 Å². The molecule has 1 amide bonds. The summed E-state index contributed by atoms with van der Waals surface area (Å²) in [5.74, 6) is -0.141. The summed E-state index contributed by atoms with van der Waals surface area (Å²) in [5, 5.41) is 0. The van der Waals surface area contributed by atoms with Crippen molar-refractivity contribution in [3.05, 3.63) is 29.8 Å². The molecule has 3 rings (SSSR count). The number of benzene rings is 1. The van der Waals surface area contributed by atoms with Gasteiger partial charge in [0.05, 0.1) is 17.1 Å². The highest BCUT2D eigenvalue weighted by Crippen LogP contribution is 2.22. The van der Waals surface area contributed by atoms with E-state index in [-0.39, 0.29) is 23.0 Å². The van der Waals surface area contributed by atoms with Crippen molar-refractivity contribution in [1.29, 1.82) is 0 Å². The molecular formula is C18H26N2O4S. The fraction of sp³-hybridized carbons (Fsp3) is 0.611. The second kappa shape index (κ2) is 7.43. The zero-order valence-electron chi connectivity index (χ0n) is 14.8. The molecule has 0 spiro atoms. The Morgan fingerprint density at radius 2 is 1.72 bits per heavy atom. The number of carbonyl (C=O) groups excluding carboxylic acids is 1. The van der Waals surface area contributed by atoms with Gasteiger partial charge in [-0.15, -0.1) is 0 Å². The van der Waals surface area contributed by atoms with Crippen LogP contribution in [-0.4, -0.2) is 61.9 Å². The molecule has 0 aromatic heterocycles. The molecule has 0 bridgehead atoms. The molecule has 2 fully saturated rings. The summed E-state index contributed by atoms with van der Waals surface area (Å²) in [7, 11) is -3.53. The van der Waals surface area contributed by atoms with Crippen molar-refractivity contribution in [2.75, 3.05) is 26.2 Å². The van der Waals surface area contributed by atoms with Crippen molar-refractivity contribution in [1.82, 2.24) is 9.21 Å². The topological polar surface area (TPSA) is 66.9 Å². The van der Waals surface area contributed by atoms with Gasteiger partial charge in [-0.2, -0.15) is 4.31 Å². The van der Waals surface area contributed by atoms with Gasteiger partial charge < -0.3 is 9.64 Å². The number of hydrogen-bond acceptors (Lipinski definition) is 4. The highest BCUT2D eigenvalue weighted by atomic mass is 32.2. The minimum absolute atomic E-state index is 0.0204. The summed E-state index contributed by atoms with van der Waals surface area (Å²) in [6, 6.07) is 6.42. The number of nitrogens with zero attached hydrogens (tertiary/aromatic N) is 2. The first-order valence-corrected chi connectivity index (χ1v) is 10.4. The van der Waals surface area contributed by atoms with Crippen LogP contribution in [0.4, 0.5) is 0 Å². The van der Waals surface area contributed by atoms with Gasteiger partial charge in [0.2, 0.25) is 10.0 Å². The number of morpholine rings is 1. The van der Waals surface area contributed by atoms with Crippen LogP contribution in [0.2, 0.25) is 0 Å². The number of sulfonamides is 1. The average Bonchev–Trinajstić information content (AvgIpc) is 2.61. The third-order valence-electron chi connectivity index (χ3n) is 4.74. The third-order valence-corrected chi connectivity index (χ3v) is 6.64. The predicted octanol–water partition coefficient (Wildman–Crippen LogP) is 2.11. The Morgan fingerprint density at radius 3 is 2.36 bits per heavy atom. The SMILES string of the molecule is C[C@@H]1CN(C(=O)c2cccc(S(=O)(=O)N3CCCCC3)c2)C[C@@H](C)O1. The lowest BCUT2D eigenvalue weighted by molar-refractivity contribution is -0.0586. The Kier molecular flexibility index (Phi) is 5.46. The summed E-state index contributed by atoms with van der Waals surface area (Å²) in [6.45, 7) is 6.02. The second-order valence-electron chi connectivity index (χ2n) is 6.96. The van der Waals surface area contributed by atoms with E-state index in [4.69, 9.17) is 4.74 Å². The van der Waals surface area contributed by atoms with E-state index in [2.05, 4.69) is 0 Å². The van der Waals surface area contributed by atoms with Gasteiger partial charge >= 0.3 is 0 Å². The van der Waals surface area contributed by atoms with Crippen LogP contribution in [-0.2, 0) is 14.8 Å². The van der Waals surface area contributed by atoms with Gasteiger partial charge in [-0.1, -0.05) is 12.5 Å². The first-order valence-electron chi connectivity index (χ1n) is 8.93. The van der Waals surface area contributed by atoms with Gasteiger partial charge in [0.25, 0.3) is 5.91 Å². The molecule has 0 saturated carbocycles. The minimum Gasteiger partial charge on any atom is -0.372 e. The average molecular weight is 366 g/mol. The standard InChI is InChI=1S/C18H26N2O4S/c1-14-12-19(13-15(2)24-14)18(21)16-7-6-8-17(11-16)25(22,23)20-9-4-3-5-10-20/h6-8,11,14-15H,3-5,9-10,12-13H2,1-2H3/t14-,15-/m1/s1. The van der Waals surface area contributed by atoms with E-state index in [1.54, 1.807) is 23.1 Å². The van der Waals surface area contributed by atoms with Crippen molar-refractivity contribution in [2.45, 2.75) is 50.2 Å². The van der Waals surface area contributed by atoms with Gasteiger partial charge in [0.15, 0.2) is 0 Å². The summed E-state index contributed by atoms with van der Waals surface area (Å²) >= 11 is 0. The molecule has 2 aliphatic rings. The molecule has 0 aliphatic carbocycles. The van der Waals surface area contributed by atoms with E-state index in [1.165, 1.54) is 10.4 Å². The second-order valence-corrected chi connectivity index (χ2v) is 8.90. The zero-order chi connectivity index (χ0) is 18.0. The molecule has 25 heavy (non-hydrogen) atoms. The smallest absolute Gasteiger partial charge is 0.254 e. The Morgan fingerprint density at radius 1 is 1.08 bits per heavy atom. The molecule has 0 unspecified atom stereocenters. The lowest BCUT2D eigenvalue weighted by Crippen LogP contribution is -2.48. The summed E-state index contributed by atoms with van der Waals surface area (Å²) in [5.41, 5.74) is 0.416. The molecule has 1 aromatic carbocycles. The summed E-state index contributed by atoms with van der Waals surface area (Å²) < 4.78 is 32.8. The lowest BCUT2D eigenvalue weighted by Gasteiger charge is -2.35. The van der Waals surface area contributed by atoms with Crippen molar-refractivity contribution < 1.29 is 17.9 Å². The first-order chi connectivity index (χ1) is 11.9. The number of hydrogen-bond donors (Lipinski definition) is 0. The maximum atomic E-state index is 12.8. The minimum atomic E-state index is -3.53. The number of rotatable bonds is 3. The Bertz CT molecular complexity index is 718. The number of piperidine rings is 1. The van der Waals surface area contributed by atoms with Crippen LogP contribution in [0, 0.1) is 0 Å². The van der Waals surface area contributed by atoms with Crippen LogP contribution < -0.4 is 0 Å². The molecule has 138 valence electrons. The molecule has 2 heterocycles. The van der Waals surface area contributed by atoms with Crippen LogP contribution in [0.1, 0.15) is 43.5 Å². The van der Waals surface area contributed by atoms with Crippen molar-refractivity contribution in [3.8, 4) is 0 Å².